The van der Waals surface area contributed by atoms with Crippen molar-refractivity contribution in [2.45, 2.75) is 26.3 Å². The minimum atomic E-state index is 0.795. The van der Waals surface area contributed by atoms with Gasteiger partial charge >= 0.3 is 0 Å². The first-order valence-corrected chi connectivity index (χ1v) is 9.52. The van der Waals surface area contributed by atoms with Gasteiger partial charge in [-0.1, -0.05) is 67.9 Å². The molecule has 4 aromatic rings. The summed E-state index contributed by atoms with van der Waals surface area (Å²) in [7, 11) is 0. The van der Waals surface area contributed by atoms with Gasteiger partial charge in [-0.25, -0.2) is 4.98 Å². The Morgan fingerprint density at radius 2 is 1.67 bits per heavy atom. The monoisotopic (exact) mass is 354 g/mol. The third-order valence-corrected chi connectivity index (χ3v) is 4.91. The van der Waals surface area contributed by atoms with Crippen molar-refractivity contribution >= 4 is 10.9 Å². The van der Waals surface area contributed by atoms with Gasteiger partial charge in [0, 0.05) is 34.0 Å². The van der Waals surface area contributed by atoms with Crippen molar-refractivity contribution in [3.63, 3.8) is 0 Å². The average Bonchev–Trinajstić information content (AvgIpc) is 2.74. The molecule has 0 amide bonds. The van der Waals surface area contributed by atoms with Crippen LogP contribution in [-0.2, 0) is 13.0 Å². The standard InChI is InChI=1S/C24H23N3/c1-2-6-22-21-15-20(18-7-4-3-5-8-18)24(27-23(21)13-14-26-22)19-11-9-17(16-25)10-12-19/h3-5,7-15H,2,6,16,25H2,1H3/p+1. The maximum atomic E-state index is 5.06. The van der Waals surface area contributed by atoms with E-state index < -0.39 is 0 Å². The molecule has 0 unspecified atom stereocenters. The summed E-state index contributed by atoms with van der Waals surface area (Å²) in [5.41, 5.74) is 11.8. The number of benzene rings is 2. The van der Waals surface area contributed by atoms with Crippen LogP contribution in [0.2, 0.25) is 0 Å². The molecule has 0 aliphatic carbocycles. The lowest BCUT2D eigenvalue weighted by atomic mass is 9.96. The molecule has 134 valence electrons. The Bertz CT molecular complexity index is 1050. The van der Waals surface area contributed by atoms with Crippen molar-refractivity contribution in [1.82, 2.24) is 9.97 Å². The summed E-state index contributed by atoms with van der Waals surface area (Å²) in [5, 5.41) is 1.15. The average molecular weight is 354 g/mol. The van der Waals surface area contributed by atoms with E-state index in [-0.39, 0.29) is 0 Å². The summed E-state index contributed by atoms with van der Waals surface area (Å²) in [6.07, 6.45) is 3.91. The zero-order valence-corrected chi connectivity index (χ0v) is 15.7. The minimum Gasteiger partial charge on any atom is -0.354 e. The molecule has 0 bridgehead atoms. The van der Waals surface area contributed by atoms with Gasteiger partial charge < -0.3 is 5.73 Å². The summed E-state index contributed by atoms with van der Waals surface area (Å²) in [6, 6.07) is 23.3. The van der Waals surface area contributed by atoms with E-state index in [1.807, 2.05) is 18.3 Å². The molecule has 3 N–H and O–H groups in total. The van der Waals surface area contributed by atoms with Crippen LogP contribution < -0.4 is 5.73 Å². The van der Waals surface area contributed by atoms with E-state index in [0.717, 1.165) is 52.8 Å². The number of nitrogens with zero attached hydrogens (tertiary/aromatic N) is 2. The molecule has 3 nitrogen and oxygen atoms in total. The highest BCUT2D eigenvalue weighted by molar-refractivity contribution is 5.92. The molecule has 3 heteroatoms. The normalized spacial score (nSPS) is 11.0. The predicted molar refractivity (Wildman–Crippen MR) is 111 cm³/mol. The SMILES string of the molecule is CCCc1nccc2nc(-c3ccc(C[NH3+])cc3)c(-c3ccccc3)cc12. The fourth-order valence-corrected chi connectivity index (χ4v) is 3.48. The van der Waals surface area contributed by atoms with Gasteiger partial charge in [-0.05, 0) is 24.1 Å². The van der Waals surface area contributed by atoms with E-state index in [0.29, 0.717) is 0 Å². The lowest BCUT2D eigenvalue weighted by Crippen LogP contribution is -2.47. The molecule has 2 aromatic carbocycles. The van der Waals surface area contributed by atoms with Gasteiger partial charge in [-0.3, -0.25) is 4.98 Å². The Hall–Kier alpha value is -3.04. The van der Waals surface area contributed by atoms with Crippen molar-refractivity contribution in [1.29, 1.82) is 0 Å². The smallest absolute Gasteiger partial charge is 0.0997 e. The van der Waals surface area contributed by atoms with Gasteiger partial charge in [0.05, 0.1) is 17.8 Å². The van der Waals surface area contributed by atoms with Crippen LogP contribution in [0.1, 0.15) is 24.6 Å². The van der Waals surface area contributed by atoms with E-state index in [1.165, 1.54) is 11.1 Å². The Morgan fingerprint density at radius 3 is 2.37 bits per heavy atom. The lowest BCUT2D eigenvalue weighted by molar-refractivity contribution is -0.386. The van der Waals surface area contributed by atoms with Gasteiger partial charge in [0.1, 0.15) is 0 Å². The highest BCUT2D eigenvalue weighted by atomic mass is 14.7. The van der Waals surface area contributed by atoms with Gasteiger partial charge in [-0.15, -0.1) is 0 Å². The van der Waals surface area contributed by atoms with Crippen LogP contribution in [0.4, 0.5) is 0 Å². The van der Waals surface area contributed by atoms with Crippen molar-refractivity contribution in [3.8, 4) is 22.4 Å². The van der Waals surface area contributed by atoms with Crippen LogP contribution >= 0.6 is 0 Å². The quantitative estimate of drug-likeness (QED) is 0.567. The zero-order valence-electron chi connectivity index (χ0n) is 15.7. The first-order valence-electron chi connectivity index (χ1n) is 9.52. The van der Waals surface area contributed by atoms with E-state index in [9.17, 15) is 0 Å². The molecule has 2 aromatic heterocycles. The molecule has 0 fully saturated rings. The molecule has 0 radical (unpaired) electrons. The number of quaternary nitrogens is 1. The third kappa shape index (κ3) is 3.46. The largest absolute Gasteiger partial charge is 0.354 e. The van der Waals surface area contributed by atoms with Crippen LogP contribution in [0.25, 0.3) is 33.3 Å². The van der Waals surface area contributed by atoms with E-state index in [2.05, 4.69) is 72.2 Å². The van der Waals surface area contributed by atoms with Crippen LogP contribution in [0.5, 0.6) is 0 Å². The lowest BCUT2D eigenvalue weighted by Gasteiger charge is -2.13. The van der Waals surface area contributed by atoms with Gasteiger partial charge in [0.15, 0.2) is 0 Å². The van der Waals surface area contributed by atoms with Gasteiger partial charge in [0.2, 0.25) is 0 Å². The van der Waals surface area contributed by atoms with Crippen LogP contribution in [0.15, 0.2) is 72.9 Å². The fourth-order valence-electron chi connectivity index (χ4n) is 3.48. The maximum Gasteiger partial charge on any atom is 0.0997 e. The predicted octanol–water partition coefficient (Wildman–Crippen LogP) is 4.66. The second-order valence-corrected chi connectivity index (χ2v) is 6.77. The van der Waals surface area contributed by atoms with E-state index in [4.69, 9.17) is 4.98 Å². The molecule has 0 aliphatic heterocycles. The number of aromatic nitrogens is 2. The summed E-state index contributed by atoms with van der Waals surface area (Å²) >= 11 is 0. The molecule has 0 atom stereocenters. The Labute approximate surface area is 159 Å². The molecule has 0 aliphatic rings. The summed E-state index contributed by atoms with van der Waals surface area (Å²) in [4.78, 5) is 9.67. The van der Waals surface area contributed by atoms with Gasteiger partial charge in [0.25, 0.3) is 0 Å². The summed E-state index contributed by atoms with van der Waals surface area (Å²) in [5.74, 6) is 0. The molecule has 4 rings (SSSR count). The number of hydrogen-bond acceptors (Lipinski definition) is 2. The van der Waals surface area contributed by atoms with Crippen LogP contribution in [0.3, 0.4) is 0 Å². The third-order valence-electron chi connectivity index (χ3n) is 4.91. The summed E-state index contributed by atoms with van der Waals surface area (Å²) in [6.45, 7) is 2.98. The number of pyridine rings is 2. The highest BCUT2D eigenvalue weighted by Crippen LogP contribution is 2.34. The zero-order chi connectivity index (χ0) is 18.6. The Balaban J connectivity index is 1.98. The molecule has 0 spiro atoms. The number of fused-ring (bicyclic) bond motifs is 1. The second-order valence-electron chi connectivity index (χ2n) is 6.77. The minimum absolute atomic E-state index is 0.795. The fraction of sp³-hybridized carbons (Fsp3) is 0.167. The van der Waals surface area contributed by atoms with Crippen molar-refractivity contribution < 1.29 is 5.73 Å². The Kier molecular flexibility index (Phi) is 4.95. The van der Waals surface area contributed by atoms with Crippen LogP contribution in [0, 0.1) is 0 Å². The molecule has 0 saturated heterocycles. The maximum absolute atomic E-state index is 5.06. The van der Waals surface area contributed by atoms with Crippen LogP contribution in [-0.4, -0.2) is 9.97 Å². The first kappa shape index (κ1) is 17.4. The van der Waals surface area contributed by atoms with Crippen molar-refractivity contribution in [2.75, 3.05) is 0 Å². The first-order chi connectivity index (χ1) is 13.3. The van der Waals surface area contributed by atoms with E-state index in [1.54, 1.807) is 0 Å². The molecular weight excluding hydrogens is 330 g/mol. The Morgan fingerprint density at radius 1 is 0.889 bits per heavy atom. The summed E-state index contributed by atoms with van der Waals surface area (Å²) < 4.78 is 0. The highest BCUT2D eigenvalue weighted by Gasteiger charge is 2.13. The molecule has 2 heterocycles. The van der Waals surface area contributed by atoms with Crippen molar-refractivity contribution in [2.24, 2.45) is 0 Å². The topological polar surface area (TPSA) is 53.4 Å². The number of aryl methyl sites for hydroxylation is 1. The molecule has 0 saturated carbocycles. The van der Waals surface area contributed by atoms with Crippen molar-refractivity contribution in [3.05, 3.63) is 84.2 Å². The second kappa shape index (κ2) is 7.68. The number of hydrogen-bond donors (Lipinski definition) is 1. The van der Waals surface area contributed by atoms with Gasteiger partial charge in [-0.2, -0.15) is 0 Å². The number of rotatable bonds is 5. The molecule has 27 heavy (non-hydrogen) atoms. The van der Waals surface area contributed by atoms with E-state index >= 15 is 0 Å². The molecular formula is C24H24N3+.